The first kappa shape index (κ1) is 16.4. The van der Waals surface area contributed by atoms with Crippen molar-refractivity contribution in [2.24, 2.45) is 0 Å². The lowest BCUT2D eigenvalue weighted by Gasteiger charge is -2.28. The zero-order valence-electron chi connectivity index (χ0n) is 13.1. The zero-order chi connectivity index (χ0) is 15.3. The van der Waals surface area contributed by atoms with Gasteiger partial charge < -0.3 is 4.74 Å². The van der Waals surface area contributed by atoms with Crippen molar-refractivity contribution in [1.82, 2.24) is 5.32 Å². The molecule has 0 amide bonds. The van der Waals surface area contributed by atoms with Gasteiger partial charge in [0.2, 0.25) is 0 Å². The van der Waals surface area contributed by atoms with Crippen LogP contribution in [-0.4, -0.2) is 30.4 Å². The van der Waals surface area contributed by atoms with E-state index in [0.717, 1.165) is 17.9 Å². The molecule has 1 fully saturated rings. The van der Waals surface area contributed by atoms with Crippen molar-refractivity contribution in [3.63, 3.8) is 0 Å². The van der Waals surface area contributed by atoms with Crippen LogP contribution in [-0.2, 0) is 15.3 Å². The SMILES string of the molecule is COC(=O)C(C)(CCSCc1ccccc1C)NC1CC1. The maximum absolute atomic E-state index is 12.0. The average molecular weight is 307 g/mol. The molecule has 1 aliphatic rings. The molecule has 116 valence electrons. The lowest BCUT2D eigenvalue weighted by atomic mass is 9.99. The van der Waals surface area contributed by atoms with Crippen molar-refractivity contribution in [2.45, 2.75) is 50.4 Å². The molecular weight excluding hydrogens is 282 g/mol. The van der Waals surface area contributed by atoms with E-state index in [9.17, 15) is 4.79 Å². The Hall–Kier alpha value is -1.00. The number of hydrogen-bond acceptors (Lipinski definition) is 4. The molecule has 4 heteroatoms. The van der Waals surface area contributed by atoms with Crippen molar-refractivity contribution in [2.75, 3.05) is 12.9 Å². The monoisotopic (exact) mass is 307 g/mol. The Morgan fingerprint density at radius 2 is 2.14 bits per heavy atom. The van der Waals surface area contributed by atoms with E-state index in [1.807, 2.05) is 18.7 Å². The summed E-state index contributed by atoms with van der Waals surface area (Å²) >= 11 is 1.87. The van der Waals surface area contributed by atoms with Crippen molar-refractivity contribution in [3.8, 4) is 0 Å². The van der Waals surface area contributed by atoms with E-state index in [1.54, 1.807) is 0 Å². The lowest BCUT2D eigenvalue weighted by Crippen LogP contribution is -2.51. The Kier molecular flexibility index (Phi) is 5.71. The summed E-state index contributed by atoms with van der Waals surface area (Å²) in [6.07, 6.45) is 3.14. The minimum Gasteiger partial charge on any atom is -0.468 e. The molecule has 0 aliphatic heterocycles. The first-order valence-electron chi connectivity index (χ1n) is 7.53. The predicted octanol–water partition coefficient (Wildman–Crippen LogP) is 3.30. The van der Waals surface area contributed by atoms with Gasteiger partial charge in [-0.1, -0.05) is 24.3 Å². The first-order chi connectivity index (χ1) is 10.0. The highest BCUT2D eigenvalue weighted by molar-refractivity contribution is 7.98. The molecule has 0 spiro atoms. The van der Waals surface area contributed by atoms with Crippen LogP contribution < -0.4 is 5.32 Å². The van der Waals surface area contributed by atoms with E-state index in [4.69, 9.17) is 4.74 Å². The minimum atomic E-state index is -0.547. The molecule has 3 nitrogen and oxygen atoms in total. The third kappa shape index (κ3) is 4.75. The molecule has 1 aromatic rings. The molecule has 1 atom stereocenters. The highest BCUT2D eigenvalue weighted by Crippen LogP contribution is 2.26. The van der Waals surface area contributed by atoms with Gasteiger partial charge in [0.25, 0.3) is 0 Å². The van der Waals surface area contributed by atoms with Gasteiger partial charge in [-0.05, 0) is 50.0 Å². The van der Waals surface area contributed by atoms with Gasteiger partial charge in [-0.15, -0.1) is 0 Å². The molecule has 1 aliphatic carbocycles. The van der Waals surface area contributed by atoms with Gasteiger partial charge in [0.05, 0.1) is 7.11 Å². The van der Waals surface area contributed by atoms with Gasteiger partial charge in [-0.25, -0.2) is 0 Å². The van der Waals surface area contributed by atoms with Crippen LogP contribution in [0.15, 0.2) is 24.3 Å². The Bertz CT molecular complexity index is 487. The van der Waals surface area contributed by atoms with E-state index in [-0.39, 0.29) is 5.97 Å². The van der Waals surface area contributed by atoms with Crippen molar-refractivity contribution in [3.05, 3.63) is 35.4 Å². The summed E-state index contributed by atoms with van der Waals surface area (Å²) in [6.45, 7) is 4.11. The van der Waals surface area contributed by atoms with Gasteiger partial charge >= 0.3 is 5.97 Å². The normalized spacial score (nSPS) is 17.3. The molecule has 1 unspecified atom stereocenters. The molecule has 0 radical (unpaired) electrons. The van der Waals surface area contributed by atoms with Crippen LogP contribution in [0.1, 0.15) is 37.3 Å². The number of thioether (sulfide) groups is 1. The molecule has 21 heavy (non-hydrogen) atoms. The minimum absolute atomic E-state index is 0.147. The van der Waals surface area contributed by atoms with Gasteiger partial charge in [0, 0.05) is 11.8 Å². The number of methoxy groups -OCH3 is 1. The summed E-state index contributed by atoms with van der Waals surface area (Å²) in [4.78, 5) is 12.0. The van der Waals surface area contributed by atoms with E-state index in [2.05, 4.69) is 36.5 Å². The number of benzene rings is 1. The summed E-state index contributed by atoms with van der Waals surface area (Å²) in [5.41, 5.74) is 2.16. The van der Waals surface area contributed by atoms with E-state index < -0.39 is 5.54 Å². The smallest absolute Gasteiger partial charge is 0.325 e. The topological polar surface area (TPSA) is 38.3 Å². The van der Waals surface area contributed by atoms with E-state index >= 15 is 0 Å². The number of carbonyl (C=O) groups is 1. The molecule has 0 aromatic heterocycles. The second-order valence-corrected chi connectivity index (χ2v) is 7.08. The van der Waals surface area contributed by atoms with Gasteiger partial charge in [-0.2, -0.15) is 11.8 Å². The molecule has 0 heterocycles. The van der Waals surface area contributed by atoms with Crippen LogP contribution in [0, 0.1) is 6.92 Å². The van der Waals surface area contributed by atoms with Crippen LogP contribution in [0.5, 0.6) is 0 Å². The summed E-state index contributed by atoms with van der Waals surface area (Å²) < 4.78 is 4.97. The average Bonchev–Trinajstić information content (AvgIpc) is 3.28. The molecule has 1 aromatic carbocycles. The quantitative estimate of drug-likeness (QED) is 0.591. The largest absolute Gasteiger partial charge is 0.468 e. The number of rotatable bonds is 8. The molecule has 0 bridgehead atoms. The third-order valence-electron chi connectivity index (χ3n) is 4.00. The van der Waals surface area contributed by atoms with Crippen LogP contribution >= 0.6 is 11.8 Å². The molecule has 0 saturated heterocycles. The third-order valence-corrected chi connectivity index (χ3v) is 5.01. The molecular formula is C17H25NO2S. The summed E-state index contributed by atoms with van der Waals surface area (Å²) in [5.74, 6) is 1.79. The maximum Gasteiger partial charge on any atom is 0.325 e. The number of carbonyl (C=O) groups excluding carboxylic acids is 1. The number of ether oxygens (including phenoxy) is 1. The Morgan fingerprint density at radius 1 is 1.43 bits per heavy atom. The number of aryl methyl sites for hydroxylation is 1. The van der Waals surface area contributed by atoms with Crippen LogP contribution in [0.25, 0.3) is 0 Å². The van der Waals surface area contributed by atoms with Crippen LogP contribution in [0.3, 0.4) is 0 Å². The van der Waals surface area contributed by atoms with E-state index in [1.165, 1.54) is 31.1 Å². The second kappa shape index (κ2) is 7.32. The Labute approximate surface area is 131 Å². The van der Waals surface area contributed by atoms with Gasteiger partial charge in [-0.3, -0.25) is 10.1 Å². The zero-order valence-corrected chi connectivity index (χ0v) is 14.0. The molecule has 1 saturated carbocycles. The predicted molar refractivity (Wildman–Crippen MR) is 88.5 cm³/mol. The van der Waals surface area contributed by atoms with E-state index in [0.29, 0.717) is 6.04 Å². The second-order valence-electron chi connectivity index (χ2n) is 5.97. The van der Waals surface area contributed by atoms with Crippen molar-refractivity contribution < 1.29 is 9.53 Å². The van der Waals surface area contributed by atoms with Gasteiger partial charge in [0.1, 0.15) is 5.54 Å². The Morgan fingerprint density at radius 3 is 2.76 bits per heavy atom. The summed E-state index contributed by atoms with van der Waals surface area (Å²) in [7, 11) is 1.47. The van der Waals surface area contributed by atoms with Crippen LogP contribution in [0.2, 0.25) is 0 Å². The number of nitrogens with one attached hydrogen (secondary N) is 1. The Balaban J connectivity index is 1.81. The standard InChI is InChI=1S/C17H25NO2S/c1-13-6-4-5-7-14(13)12-21-11-10-17(2,16(19)20-3)18-15-8-9-15/h4-7,15,18H,8-12H2,1-3H3. The van der Waals surface area contributed by atoms with Crippen LogP contribution in [0.4, 0.5) is 0 Å². The molecule has 1 N–H and O–H groups in total. The lowest BCUT2D eigenvalue weighted by molar-refractivity contribution is -0.148. The molecule has 2 rings (SSSR count). The van der Waals surface area contributed by atoms with Crippen molar-refractivity contribution >= 4 is 17.7 Å². The fraction of sp³-hybridized carbons (Fsp3) is 0.588. The highest BCUT2D eigenvalue weighted by atomic mass is 32.2. The number of hydrogen-bond donors (Lipinski definition) is 1. The van der Waals surface area contributed by atoms with Crippen molar-refractivity contribution in [1.29, 1.82) is 0 Å². The maximum atomic E-state index is 12.0. The fourth-order valence-corrected chi connectivity index (χ4v) is 3.61. The summed E-state index contributed by atoms with van der Waals surface area (Å²) in [6, 6.07) is 8.96. The number of esters is 1. The summed E-state index contributed by atoms with van der Waals surface area (Å²) in [5, 5.41) is 3.44. The first-order valence-corrected chi connectivity index (χ1v) is 8.69. The fourth-order valence-electron chi connectivity index (χ4n) is 2.37. The van der Waals surface area contributed by atoms with Gasteiger partial charge in [0.15, 0.2) is 0 Å². The highest BCUT2D eigenvalue weighted by Gasteiger charge is 2.38.